The molecule has 0 spiro atoms. The molecule has 0 fully saturated rings. The molecule has 0 bridgehead atoms. The topological polar surface area (TPSA) is 28.7 Å². The maximum Gasteiger partial charge on any atom is 0.0522 e. The van der Waals surface area contributed by atoms with Gasteiger partial charge in [0.15, 0.2) is 0 Å². The molecule has 1 aromatic heterocycles. The Morgan fingerprint density at radius 1 is 1.17 bits per heavy atom. The summed E-state index contributed by atoms with van der Waals surface area (Å²) in [5.74, 6) is 0. The van der Waals surface area contributed by atoms with E-state index in [2.05, 4.69) is 10.2 Å². The number of fused-ring (bicyclic) bond motifs is 1. The van der Waals surface area contributed by atoms with Crippen molar-refractivity contribution >= 4 is 0 Å². The summed E-state index contributed by atoms with van der Waals surface area (Å²) in [5, 5.41) is 7.07. The summed E-state index contributed by atoms with van der Waals surface area (Å²) in [7, 11) is 0. The maximum atomic E-state index is 4.02. The molecule has 0 saturated heterocycles. The fourth-order valence-electron chi connectivity index (χ4n) is 1.56. The molecule has 0 aliphatic heterocycles. The van der Waals surface area contributed by atoms with E-state index >= 15 is 0 Å². The highest BCUT2D eigenvalue weighted by atomic mass is 15.1. The predicted molar refractivity (Wildman–Crippen MR) is 51.2 cm³/mol. The molecule has 0 saturated carbocycles. The van der Waals surface area contributed by atoms with E-state index in [9.17, 15) is 0 Å². The molecule has 1 aliphatic carbocycles. The van der Waals surface area contributed by atoms with Gasteiger partial charge in [-0.25, -0.2) is 0 Å². The monoisotopic (exact) mass is 166 g/mol. The van der Waals surface area contributed by atoms with Gasteiger partial charge in [0.2, 0.25) is 0 Å². The van der Waals surface area contributed by atoms with Gasteiger partial charge >= 0.3 is 0 Å². The second kappa shape index (κ2) is 4.96. The average Bonchev–Trinajstić information content (AvgIpc) is 2.46. The zero-order chi connectivity index (χ0) is 8.81. The van der Waals surface area contributed by atoms with Crippen LogP contribution in [0.5, 0.6) is 0 Å². The van der Waals surface area contributed by atoms with Gasteiger partial charge in [0.25, 0.3) is 0 Å². The molecule has 2 rings (SSSR count). The zero-order valence-corrected chi connectivity index (χ0v) is 8.06. The van der Waals surface area contributed by atoms with E-state index in [-0.39, 0.29) is 0 Å². The summed E-state index contributed by atoms with van der Waals surface area (Å²) in [6.07, 6.45) is 8.45. The molecule has 0 aromatic carbocycles. The first-order valence-corrected chi connectivity index (χ1v) is 4.98. The fraction of sp³-hybridized carbons (Fsp3) is 0.700. The Morgan fingerprint density at radius 2 is 1.92 bits per heavy atom. The van der Waals surface area contributed by atoms with Crippen molar-refractivity contribution < 1.29 is 0 Å². The first-order chi connectivity index (χ1) is 5.97. The number of aromatic amines is 1. The van der Waals surface area contributed by atoms with E-state index in [0.717, 1.165) is 0 Å². The van der Waals surface area contributed by atoms with Crippen LogP contribution in [0.3, 0.4) is 0 Å². The standard InChI is InChI=1S/C8H12N2.C2H6/c1-2-4-7-6-9-10-8(7)5-3-1;1-2/h6H,1-5H2,(H,9,10);1-2H3. The summed E-state index contributed by atoms with van der Waals surface area (Å²) in [6.45, 7) is 4.00. The van der Waals surface area contributed by atoms with Gasteiger partial charge in [-0.05, 0) is 31.2 Å². The van der Waals surface area contributed by atoms with Crippen molar-refractivity contribution in [2.45, 2.75) is 46.0 Å². The predicted octanol–water partition coefficient (Wildman–Crippen LogP) is 2.70. The fourth-order valence-corrected chi connectivity index (χ4v) is 1.56. The van der Waals surface area contributed by atoms with Crippen molar-refractivity contribution in [1.29, 1.82) is 0 Å². The number of H-pyrrole nitrogens is 1. The first-order valence-electron chi connectivity index (χ1n) is 4.98. The lowest BCUT2D eigenvalue weighted by atomic mass is 10.2. The van der Waals surface area contributed by atoms with E-state index in [0.29, 0.717) is 0 Å². The average molecular weight is 166 g/mol. The number of nitrogens with zero attached hydrogens (tertiary/aromatic N) is 1. The van der Waals surface area contributed by atoms with Crippen LogP contribution in [0.4, 0.5) is 0 Å². The highest BCUT2D eigenvalue weighted by molar-refractivity contribution is 5.17. The van der Waals surface area contributed by atoms with Crippen molar-refractivity contribution in [3.63, 3.8) is 0 Å². The summed E-state index contributed by atoms with van der Waals surface area (Å²) >= 11 is 0. The largest absolute Gasteiger partial charge is 0.282 e. The Bertz CT molecular complexity index is 195. The molecule has 68 valence electrons. The SMILES string of the molecule is CC.c1n[nH]c2c1CCCCC2. The van der Waals surface area contributed by atoms with E-state index in [1.165, 1.54) is 43.4 Å². The molecule has 12 heavy (non-hydrogen) atoms. The minimum atomic E-state index is 1.20. The van der Waals surface area contributed by atoms with Crippen LogP contribution < -0.4 is 0 Å². The molecule has 1 heterocycles. The minimum absolute atomic E-state index is 1.20. The van der Waals surface area contributed by atoms with E-state index < -0.39 is 0 Å². The van der Waals surface area contributed by atoms with Crippen LogP contribution in [0.25, 0.3) is 0 Å². The van der Waals surface area contributed by atoms with Crippen molar-refractivity contribution in [2.24, 2.45) is 0 Å². The van der Waals surface area contributed by atoms with Crippen LogP contribution in [0.2, 0.25) is 0 Å². The van der Waals surface area contributed by atoms with E-state index in [4.69, 9.17) is 0 Å². The molecule has 0 atom stereocenters. The van der Waals surface area contributed by atoms with Crippen LogP contribution in [-0.2, 0) is 12.8 Å². The van der Waals surface area contributed by atoms with Crippen LogP contribution >= 0.6 is 0 Å². The van der Waals surface area contributed by atoms with Crippen LogP contribution in [0, 0.1) is 0 Å². The molecular formula is C10H18N2. The molecule has 2 nitrogen and oxygen atoms in total. The number of aromatic nitrogens is 2. The smallest absolute Gasteiger partial charge is 0.0522 e. The number of nitrogens with one attached hydrogen (secondary N) is 1. The van der Waals surface area contributed by atoms with Crippen LogP contribution in [-0.4, -0.2) is 10.2 Å². The molecule has 0 radical (unpaired) electrons. The first kappa shape index (κ1) is 9.30. The molecule has 2 heteroatoms. The summed E-state index contributed by atoms with van der Waals surface area (Å²) in [4.78, 5) is 0. The normalized spacial score (nSPS) is 15.5. The Morgan fingerprint density at radius 3 is 2.75 bits per heavy atom. The summed E-state index contributed by atoms with van der Waals surface area (Å²) in [5.41, 5.74) is 2.81. The van der Waals surface area contributed by atoms with Crippen molar-refractivity contribution in [3.8, 4) is 0 Å². The van der Waals surface area contributed by atoms with Gasteiger partial charge in [-0.2, -0.15) is 5.10 Å². The second-order valence-corrected chi connectivity index (χ2v) is 2.93. The van der Waals surface area contributed by atoms with Crippen LogP contribution in [0.15, 0.2) is 6.20 Å². The Kier molecular flexibility index (Phi) is 3.85. The summed E-state index contributed by atoms with van der Waals surface area (Å²) < 4.78 is 0. The highest BCUT2D eigenvalue weighted by Crippen LogP contribution is 2.17. The van der Waals surface area contributed by atoms with Crippen LogP contribution in [0.1, 0.15) is 44.4 Å². The lowest BCUT2D eigenvalue weighted by Gasteiger charge is -1.91. The third-order valence-corrected chi connectivity index (χ3v) is 2.18. The van der Waals surface area contributed by atoms with Crippen molar-refractivity contribution in [2.75, 3.05) is 0 Å². The van der Waals surface area contributed by atoms with Crippen molar-refractivity contribution in [3.05, 3.63) is 17.5 Å². The molecular weight excluding hydrogens is 148 g/mol. The quantitative estimate of drug-likeness (QED) is 0.590. The number of rotatable bonds is 0. The molecule has 1 aliphatic rings. The molecule has 1 aromatic rings. The van der Waals surface area contributed by atoms with Gasteiger partial charge in [0.1, 0.15) is 0 Å². The van der Waals surface area contributed by atoms with Gasteiger partial charge in [0.05, 0.1) is 6.20 Å². The van der Waals surface area contributed by atoms with Gasteiger partial charge < -0.3 is 0 Å². The second-order valence-electron chi connectivity index (χ2n) is 2.93. The number of hydrogen-bond donors (Lipinski definition) is 1. The number of aryl methyl sites for hydroxylation is 2. The third kappa shape index (κ3) is 2.10. The zero-order valence-electron chi connectivity index (χ0n) is 8.06. The molecule has 1 N–H and O–H groups in total. The molecule has 0 amide bonds. The molecule has 0 unspecified atom stereocenters. The lowest BCUT2D eigenvalue weighted by molar-refractivity contribution is 0.702. The Balaban J connectivity index is 0.000000336. The van der Waals surface area contributed by atoms with Gasteiger partial charge in [-0.15, -0.1) is 0 Å². The van der Waals surface area contributed by atoms with E-state index in [1.807, 2.05) is 20.0 Å². The Hall–Kier alpha value is -0.790. The third-order valence-electron chi connectivity index (χ3n) is 2.18. The summed E-state index contributed by atoms with van der Waals surface area (Å²) in [6, 6.07) is 0. The van der Waals surface area contributed by atoms with E-state index in [1.54, 1.807) is 0 Å². The lowest BCUT2D eigenvalue weighted by Crippen LogP contribution is -1.85. The Labute approximate surface area is 74.4 Å². The van der Waals surface area contributed by atoms with Gasteiger partial charge in [-0.3, -0.25) is 5.10 Å². The number of hydrogen-bond acceptors (Lipinski definition) is 1. The minimum Gasteiger partial charge on any atom is -0.282 e. The van der Waals surface area contributed by atoms with Gasteiger partial charge in [-0.1, -0.05) is 20.3 Å². The highest BCUT2D eigenvalue weighted by Gasteiger charge is 2.07. The van der Waals surface area contributed by atoms with Crippen molar-refractivity contribution in [1.82, 2.24) is 10.2 Å². The van der Waals surface area contributed by atoms with Gasteiger partial charge in [0, 0.05) is 5.69 Å². The maximum absolute atomic E-state index is 4.02.